The van der Waals surface area contributed by atoms with Crippen molar-refractivity contribution in [1.29, 1.82) is 0 Å². The predicted molar refractivity (Wildman–Crippen MR) is 78.7 cm³/mol. The highest BCUT2D eigenvalue weighted by molar-refractivity contribution is 9.10. The normalized spacial score (nSPS) is 12.6. The van der Waals surface area contributed by atoms with Gasteiger partial charge in [0, 0.05) is 20.4 Å². The maximum atomic E-state index is 6.17. The minimum Gasteiger partial charge on any atom is -0.324 e. The van der Waals surface area contributed by atoms with Crippen LogP contribution in [-0.4, -0.2) is 0 Å². The standard InChI is InChI=1S/C13H13BrClNS/c14-10-6-9(7-11(15)8-10)13(16)4-3-12-2-1-5-17-12/h1-2,5-8,13H,3-4,16H2. The minimum atomic E-state index is 0.0344. The highest BCUT2D eigenvalue weighted by atomic mass is 79.9. The van der Waals surface area contributed by atoms with E-state index in [1.165, 1.54) is 4.88 Å². The number of benzene rings is 1. The average molecular weight is 331 g/mol. The molecule has 17 heavy (non-hydrogen) atoms. The lowest BCUT2D eigenvalue weighted by Crippen LogP contribution is -2.11. The molecular formula is C13H13BrClNS. The van der Waals surface area contributed by atoms with Crippen LogP contribution in [-0.2, 0) is 6.42 Å². The summed E-state index contributed by atoms with van der Waals surface area (Å²) < 4.78 is 0.978. The molecule has 0 bridgehead atoms. The molecule has 2 N–H and O–H groups in total. The molecule has 0 aliphatic rings. The Morgan fingerprint density at radius 2 is 2.18 bits per heavy atom. The maximum Gasteiger partial charge on any atom is 0.0420 e. The van der Waals surface area contributed by atoms with E-state index in [0.717, 1.165) is 27.9 Å². The lowest BCUT2D eigenvalue weighted by Gasteiger charge is -2.12. The van der Waals surface area contributed by atoms with Crippen LogP contribution in [0.3, 0.4) is 0 Å². The molecule has 4 heteroatoms. The van der Waals surface area contributed by atoms with Crippen molar-refractivity contribution in [3.05, 3.63) is 55.6 Å². The van der Waals surface area contributed by atoms with Gasteiger partial charge in [-0.3, -0.25) is 0 Å². The largest absolute Gasteiger partial charge is 0.324 e. The number of rotatable bonds is 4. The second-order valence-electron chi connectivity index (χ2n) is 3.93. The number of aryl methyl sites for hydroxylation is 1. The Balaban J connectivity index is 2.01. The van der Waals surface area contributed by atoms with Gasteiger partial charge in [0.05, 0.1) is 0 Å². The Hall–Kier alpha value is -0.350. The van der Waals surface area contributed by atoms with Crippen LogP contribution in [0.25, 0.3) is 0 Å². The Morgan fingerprint density at radius 1 is 1.35 bits per heavy atom. The number of nitrogens with two attached hydrogens (primary N) is 1. The van der Waals surface area contributed by atoms with E-state index in [4.69, 9.17) is 17.3 Å². The van der Waals surface area contributed by atoms with Crippen LogP contribution in [0.15, 0.2) is 40.2 Å². The number of hydrogen-bond donors (Lipinski definition) is 1. The fourth-order valence-corrected chi connectivity index (χ4v) is 3.32. The number of thiophene rings is 1. The van der Waals surface area contributed by atoms with Gasteiger partial charge in [-0.05, 0) is 48.1 Å². The smallest absolute Gasteiger partial charge is 0.0420 e. The van der Waals surface area contributed by atoms with Gasteiger partial charge in [0.1, 0.15) is 0 Å². The zero-order valence-corrected chi connectivity index (χ0v) is 12.4. The summed E-state index contributed by atoms with van der Waals surface area (Å²) in [6, 6.07) is 10.1. The van der Waals surface area contributed by atoms with Gasteiger partial charge in [0.15, 0.2) is 0 Å². The highest BCUT2D eigenvalue weighted by Crippen LogP contribution is 2.25. The van der Waals surface area contributed by atoms with Crippen LogP contribution in [0.5, 0.6) is 0 Å². The minimum absolute atomic E-state index is 0.0344. The first-order chi connectivity index (χ1) is 8.15. The second-order valence-corrected chi connectivity index (χ2v) is 6.31. The number of halogens is 2. The summed E-state index contributed by atoms with van der Waals surface area (Å²) in [7, 11) is 0. The van der Waals surface area contributed by atoms with Gasteiger partial charge in [-0.25, -0.2) is 0 Å². The van der Waals surface area contributed by atoms with E-state index in [-0.39, 0.29) is 6.04 Å². The van der Waals surface area contributed by atoms with Crippen molar-refractivity contribution < 1.29 is 0 Å². The Kier molecular flexibility index (Phi) is 4.62. The van der Waals surface area contributed by atoms with E-state index in [2.05, 4.69) is 33.4 Å². The van der Waals surface area contributed by atoms with Gasteiger partial charge in [-0.2, -0.15) is 0 Å². The molecule has 1 nitrogen and oxygen atoms in total. The van der Waals surface area contributed by atoms with Crippen LogP contribution in [0.1, 0.15) is 22.9 Å². The summed E-state index contributed by atoms with van der Waals surface area (Å²) in [6.07, 6.45) is 1.95. The van der Waals surface area contributed by atoms with Gasteiger partial charge in [0.2, 0.25) is 0 Å². The van der Waals surface area contributed by atoms with E-state index < -0.39 is 0 Å². The molecule has 0 saturated heterocycles. The van der Waals surface area contributed by atoms with Gasteiger partial charge in [-0.15, -0.1) is 11.3 Å². The summed E-state index contributed by atoms with van der Waals surface area (Å²) in [5, 5.41) is 2.82. The molecule has 1 atom stereocenters. The van der Waals surface area contributed by atoms with E-state index >= 15 is 0 Å². The molecular weight excluding hydrogens is 318 g/mol. The lowest BCUT2D eigenvalue weighted by molar-refractivity contribution is 0.655. The third-order valence-corrected chi connectivity index (χ3v) is 4.21. The summed E-state index contributed by atoms with van der Waals surface area (Å²) in [4.78, 5) is 1.38. The van der Waals surface area contributed by atoms with E-state index in [1.54, 1.807) is 11.3 Å². The summed E-state index contributed by atoms with van der Waals surface area (Å²) in [6.45, 7) is 0. The van der Waals surface area contributed by atoms with Gasteiger partial charge >= 0.3 is 0 Å². The molecule has 1 unspecified atom stereocenters. The molecule has 0 amide bonds. The van der Waals surface area contributed by atoms with Crippen molar-refractivity contribution in [3.8, 4) is 0 Å². The zero-order chi connectivity index (χ0) is 12.3. The summed E-state index contributed by atoms with van der Waals surface area (Å²) in [5.41, 5.74) is 7.26. The molecule has 0 aliphatic heterocycles. The van der Waals surface area contributed by atoms with Crippen molar-refractivity contribution in [3.63, 3.8) is 0 Å². The Morgan fingerprint density at radius 3 is 2.82 bits per heavy atom. The zero-order valence-electron chi connectivity index (χ0n) is 9.20. The molecule has 1 heterocycles. The molecule has 1 aromatic carbocycles. The third-order valence-electron chi connectivity index (χ3n) is 2.59. The average Bonchev–Trinajstić information content (AvgIpc) is 2.77. The quantitative estimate of drug-likeness (QED) is 0.856. The predicted octanol–water partition coefficient (Wildman–Crippen LogP) is 4.80. The first-order valence-electron chi connectivity index (χ1n) is 5.39. The summed E-state index contributed by atoms with van der Waals surface area (Å²) in [5.74, 6) is 0. The molecule has 0 saturated carbocycles. The van der Waals surface area contributed by atoms with Crippen molar-refractivity contribution >= 4 is 38.9 Å². The van der Waals surface area contributed by atoms with Crippen molar-refractivity contribution in [2.75, 3.05) is 0 Å². The van der Waals surface area contributed by atoms with Crippen molar-refractivity contribution in [2.24, 2.45) is 5.73 Å². The van der Waals surface area contributed by atoms with Gasteiger partial charge < -0.3 is 5.73 Å². The topological polar surface area (TPSA) is 26.0 Å². The Bertz CT molecular complexity index is 464. The van der Waals surface area contributed by atoms with Crippen molar-refractivity contribution in [1.82, 2.24) is 0 Å². The second kappa shape index (κ2) is 6.01. The van der Waals surface area contributed by atoms with Crippen LogP contribution in [0.2, 0.25) is 5.02 Å². The van der Waals surface area contributed by atoms with Crippen LogP contribution >= 0.6 is 38.9 Å². The van der Waals surface area contributed by atoms with E-state index in [0.29, 0.717) is 0 Å². The lowest BCUT2D eigenvalue weighted by atomic mass is 10.0. The third kappa shape index (κ3) is 3.81. The first-order valence-corrected chi connectivity index (χ1v) is 7.44. The summed E-state index contributed by atoms with van der Waals surface area (Å²) >= 11 is 11.2. The van der Waals surface area contributed by atoms with Crippen molar-refractivity contribution in [2.45, 2.75) is 18.9 Å². The molecule has 2 rings (SSSR count). The first kappa shape index (κ1) is 13.1. The fraction of sp³-hybridized carbons (Fsp3) is 0.231. The Labute approximate surface area is 119 Å². The van der Waals surface area contributed by atoms with Gasteiger partial charge in [-0.1, -0.05) is 33.6 Å². The highest BCUT2D eigenvalue weighted by Gasteiger charge is 2.08. The van der Waals surface area contributed by atoms with Crippen LogP contribution < -0.4 is 5.73 Å². The molecule has 0 fully saturated rings. The van der Waals surface area contributed by atoms with Crippen LogP contribution in [0.4, 0.5) is 0 Å². The molecule has 0 radical (unpaired) electrons. The molecule has 0 spiro atoms. The molecule has 2 aromatic rings. The molecule has 90 valence electrons. The van der Waals surface area contributed by atoms with E-state index in [9.17, 15) is 0 Å². The van der Waals surface area contributed by atoms with Crippen LogP contribution in [0, 0.1) is 0 Å². The van der Waals surface area contributed by atoms with E-state index in [1.807, 2.05) is 18.2 Å². The van der Waals surface area contributed by atoms with Gasteiger partial charge in [0.25, 0.3) is 0 Å². The monoisotopic (exact) mass is 329 g/mol. The molecule has 1 aromatic heterocycles. The maximum absolute atomic E-state index is 6.17. The molecule has 0 aliphatic carbocycles. The number of hydrogen-bond acceptors (Lipinski definition) is 2. The SMILES string of the molecule is NC(CCc1cccs1)c1cc(Cl)cc(Br)c1. The fourth-order valence-electron chi connectivity index (χ4n) is 1.71.